The van der Waals surface area contributed by atoms with Gasteiger partial charge in [-0.2, -0.15) is 0 Å². The Kier molecular flexibility index (Phi) is 2.40. The molecular weight excluding hydrogens is 210 g/mol. The number of pyridine rings is 1. The monoisotopic (exact) mass is 227 g/mol. The van der Waals surface area contributed by atoms with Gasteiger partial charge in [-0.15, -0.1) is 0 Å². The third-order valence-corrected chi connectivity index (χ3v) is 3.74. The van der Waals surface area contributed by atoms with Gasteiger partial charge in [0, 0.05) is 18.0 Å². The van der Waals surface area contributed by atoms with Gasteiger partial charge in [-0.1, -0.05) is 18.2 Å². The molecule has 1 atom stereocenters. The summed E-state index contributed by atoms with van der Waals surface area (Å²) >= 11 is 0. The van der Waals surface area contributed by atoms with Gasteiger partial charge >= 0.3 is 0 Å². The maximum absolute atomic E-state index is 10.4. The van der Waals surface area contributed by atoms with Gasteiger partial charge in [-0.05, 0) is 43.4 Å². The van der Waals surface area contributed by atoms with E-state index < -0.39 is 5.60 Å². The van der Waals surface area contributed by atoms with Crippen LogP contribution in [0, 0.1) is 5.92 Å². The Hall–Kier alpha value is -1.41. The van der Waals surface area contributed by atoms with E-state index in [9.17, 15) is 5.11 Å². The number of aliphatic hydroxyl groups is 1. The van der Waals surface area contributed by atoms with Crippen molar-refractivity contribution in [2.24, 2.45) is 5.92 Å². The Morgan fingerprint density at radius 3 is 2.82 bits per heavy atom. The van der Waals surface area contributed by atoms with E-state index in [1.165, 1.54) is 5.56 Å². The first-order valence-corrected chi connectivity index (χ1v) is 6.22. The Morgan fingerprint density at radius 2 is 2.06 bits per heavy atom. The molecule has 1 aliphatic carbocycles. The van der Waals surface area contributed by atoms with Crippen molar-refractivity contribution < 1.29 is 5.11 Å². The van der Waals surface area contributed by atoms with Gasteiger partial charge < -0.3 is 5.11 Å². The molecule has 0 saturated heterocycles. The van der Waals surface area contributed by atoms with Crippen molar-refractivity contribution >= 4 is 10.9 Å². The number of rotatable bonds is 3. The smallest absolute Gasteiger partial charge is 0.0704 e. The molecular formula is C15H17NO. The van der Waals surface area contributed by atoms with Crippen LogP contribution in [0.25, 0.3) is 10.9 Å². The highest BCUT2D eigenvalue weighted by atomic mass is 16.3. The van der Waals surface area contributed by atoms with E-state index in [1.54, 1.807) is 0 Å². The summed E-state index contributed by atoms with van der Waals surface area (Å²) in [5, 5.41) is 11.6. The van der Waals surface area contributed by atoms with Crippen LogP contribution < -0.4 is 0 Å². The van der Waals surface area contributed by atoms with Crippen LogP contribution >= 0.6 is 0 Å². The Labute approximate surface area is 101 Å². The molecule has 88 valence electrons. The highest BCUT2D eigenvalue weighted by Crippen LogP contribution is 2.41. The maximum atomic E-state index is 10.4. The van der Waals surface area contributed by atoms with Gasteiger partial charge in [0.2, 0.25) is 0 Å². The van der Waals surface area contributed by atoms with Crippen molar-refractivity contribution in [3.05, 3.63) is 42.1 Å². The fourth-order valence-corrected chi connectivity index (χ4v) is 2.54. The molecule has 1 N–H and O–H groups in total. The quantitative estimate of drug-likeness (QED) is 0.874. The van der Waals surface area contributed by atoms with E-state index in [4.69, 9.17) is 0 Å². The van der Waals surface area contributed by atoms with E-state index in [0.717, 1.165) is 30.2 Å². The molecule has 1 aliphatic rings. The molecule has 2 heteroatoms. The summed E-state index contributed by atoms with van der Waals surface area (Å²) in [6, 6.07) is 10.2. The Balaban J connectivity index is 1.99. The highest BCUT2D eigenvalue weighted by molar-refractivity contribution is 5.81. The summed E-state index contributed by atoms with van der Waals surface area (Å²) in [5.74, 6) is 0.481. The lowest BCUT2D eigenvalue weighted by molar-refractivity contribution is 0.0375. The zero-order valence-electron chi connectivity index (χ0n) is 10.1. The molecule has 2 nitrogen and oxygen atoms in total. The van der Waals surface area contributed by atoms with E-state index in [2.05, 4.69) is 11.1 Å². The third kappa shape index (κ3) is 2.05. The first-order chi connectivity index (χ1) is 8.17. The van der Waals surface area contributed by atoms with Crippen molar-refractivity contribution in [3.8, 4) is 0 Å². The van der Waals surface area contributed by atoms with Gasteiger partial charge in [0.25, 0.3) is 0 Å². The number of para-hydroxylation sites is 1. The SMILES string of the molecule is CC(O)(Cc1ccnc2ccccc12)C1CC1. The number of benzene rings is 1. The number of hydrogen-bond donors (Lipinski definition) is 1. The topological polar surface area (TPSA) is 33.1 Å². The minimum atomic E-state index is -0.565. The van der Waals surface area contributed by atoms with Gasteiger partial charge in [0.05, 0.1) is 11.1 Å². The van der Waals surface area contributed by atoms with E-state index in [0.29, 0.717) is 5.92 Å². The van der Waals surface area contributed by atoms with E-state index >= 15 is 0 Å². The summed E-state index contributed by atoms with van der Waals surface area (Å²) in [6.45, 7) is 1.96. The van der Waals surface area contributed by atoms with Crippen molar-refractivity contribution in [1.82, 2.24) is 4.98 Å². The van der Waals surface area contributed by atoms with E-state index in [-0.39, 0.29) is 0 Å². The molecule has 3 rings (SSSR count). The fraction of sp³-hybridized carbons (Fsp3) is 0.400. The van der Waals surface area contributed by atoms with Crippen LogP contribution in [-0.2, 0) is 6.42 Å². The van der Waals surface area contributed by atoms with Crippen molar-refractivity contribution in [2.75, 3.05) is 0 Å². The lowest BCUT2D eigenvalue weighted by Gasteiger charge is -2.23. The van der Waals surface area contributed by atoms with Gasteiger partial charge in [0.1, 0.15) is 0 Å². The van der Waals surface area contributed by atoms with Crippen LogP contribution in [0.4, 0.5) is 0 Å². The maximum Gasteiger partial charge on any atom is 0.0704 e. The highest BCUT2D eigenvalue weighted by Gasteiger charge is 2.39. The normalized spacial score (nSPS) is 19.2. The van der Waals surface area contributed by atoms with Gasteiger partial charge in [0.15, 0.2) is 0 Å². The van der Waals surface area contributed by atoms with E-state index in [1.807, 2.05) is 37.4 Å². The lowest BCUT2D eigenvalue weighted by Crippen LogP contribution is -2.29. The molecule has 0 amide bonds. The minimum absolute atomic E-state index is 0.481. The molecule has 2 aromatic rings. The number of hydrogen-bond acceptors (Lipinski definition) is 2. The predicted molar refractivity (Wildman–Crippen MR) is 68.8 cm³/mol. The predicted octanol–water partition coefficient (Wildman–Crippen LogP) is 2.94. The zero-order chi connectivity index (χ0) is 11.9. The van der Waals surface area contributed by atoms with Gasteiger partial charge in [-0.25, -0.2) is 0 Å². The number of fused-ring (bicyclic) bond motifs is 1. The molecule has 1 unspecified atom stereocenters. The minimum Gasteiger partial charge on any atom is -0.390 e. The van der Waals surface area contributed by atoms with Crippen LogP contribution in [0.2, 0.25) is 0 Å². The summed E-state index contributed by atoms with van der Waals surface area (Å²) in [4.78, 5) is 4.35. The second kappa shape index (κ2) is 3.81. The van der Waals surface area contributed by atoms with Crippen LogP contribution in [-0.4, -0.2) is 15.7 Å². The molecule has 0 aliphatic heterocycles. The molecule has 17 heavy (non-hydrogen) atoms. The lowest BCUT2D eigenvalue weighted by atomic mass is 9.90. The summed E-state index contributed by atoms with van der Waals surface area (Å²) < 4.78 is 0. The average Bonchev–Trinajstić information content (AvgIpc) is 3.13. The standard InChI is InChI=1S/C15H17NO/c1-15(17,12-6-7-12)10-11-8-9-16-14-5-3-2-4-13(11)14/h2-5,8-9,12,17H,6-7,10H2,1H3. The molecule has 0 bridgehead atoms. The fourth-order valence-electron chi connectivity index (χ4n) is 2.54. The molecule has 1 saturated carbocycles. The molecule has 1 aromatic carbocycles. The largest absolute Gasteiger partial charge is 0.390 e. The molecule has 0 radical (unpaired) electrons. The second-order valence-electron chi connectivity index (χ2n) is 5.30. The van der Waals surface area contributed by atoms with Crippen LogP contribution in [0.5, 0.6) is 0 Å². The van der Waals surface area contributed by atoms with Crippen molar-refractivity contribution in [2.45, 2.75) is 31.8 Å². The van der Waals surface area contributed by atoms with Crippen LogP contribution in [0.3, 0.4) is 0 Å². The van der Waals surface area contributed by atoms with Crippen LogP contribution in [0.15, 0.2) is 36.5 Å². The first-order valence-electron chi connectivity index (χ1n) is 6.22. The van der Waals surface area contributed by atoms with Crippen molar-refractivity contribution in [1.29, 1.82) is 0 Å². The van der Waals surface area contributed by atoms with Crippen molar-refractivity contribution in [3.63, 3.8) is 0 Å². The average molecular weight is 227 g/mol. The number of nitrogens with zero attached hydrogens (tertiary/aromatic N) is 1. The Bertz CT molecular complexity index is 538. The first kappa shape index (κ1) is 10.7. The summed E-state index contributed by atoms with van der Waals surface area (Å²) in [7, 11) is 0. The molecule has 0 spiro atoms. The number of aromatic nitrogens is 1. The summed E-state index contributed by atoms with van der Waals surface area (Å²) in [6.07, 6.45) is 4.88. The molecule has 1 heterocycles. The molecule has 1 fully saturated rings. The second-order valence-corrected chi connectivity index (χ2v) is 5.30. The third-order valence-electron chi connectivity index (χ3n) is 3.74. The van der Waals surface area contributed by atoms with Crippen LogP contribution in [0.1, 0.15) is 25.3 Å². The Morgan fingerprint density at radius 1 is 1.29 bits per heavy atom. The molecule has 1 aromatic heterocycles. The summed E-state index contributed by atoms with van der Waals surface area (Å²) in [5.41, 5.74) is 1.65. The van der Waals surface area contributed by atoms with Gasteiger partial charge in [-0.3, -0.25) is 4.98 Å². The zero-order valence-corrected chi connectivity index (χ0v) is 10.1.